The van der Waals surface area contributed by atoms with Crippen LogP contribution < -0.4 is 22.5 Å². The fourth-order valence-corrected chi connectivity index (χ4v) is 5.88. The van der Waals surface area contributed by atoms with Crippen molar-refractivity contribution < 1.29 is 0 Å². The number of fused-ring (bicyclic) bond motifs is 4. The number of hydrogen-bond acceptors (Lipinski definition) is 8. The summed E-state index contributed by atoms with van der Waals surface area (Å²) in [5.41, 5.74) is 0.381. The number of benzene rings is 1. The SMILES string of the molecule is CCCCCCCCn1c2nc(=O)n(C)c(=O)c-2nc2cc3c(cc21)nc1c(=O)n(C)c(=O)nc-1n3CCCCCCCC. The van der Waals surface area contributed by atoms with Crippen molar-refractivity contribution in [1.82, 2.24) is 38.2 Å². The van der Waals surface area contributed by atoms with Gasteiger partial charge >= 0.3 is 11.4 Å². The van der Waals surface area contributed by atoms with Gasteiger partial charge in [0.25, 0.3) is 11.1 Å². The molecule has 0 amide bonds. The minimum Gasteiger partial charge on any atom is -0.322 e. The molecule has 0 saturated heterocycles. The van der Waals surface area contributed by atoms with Crippen molar-refractivity contribution in [2.45, 2.75) is 104 Å². The van der Waals surface area contributed by atoms with Gasteiger partial charge in [-0.2, -0.15) is 9.97 Å². The molecule has 1 aromatic carbocycles. The predicted molar refractivity (Wildman–Crippen MR) is 172 cm³/mol. The van der Waals surface area contributed by atoms with Crippen LogP contribution in [-0.4, -0.2) is 38.2 Å². The van der Waals surface area contributed by atoms with E-state index in [-0.39, 0.29) is 23.0 Å². The van der Waals surface area contributed by atoms with E-state index >= 15 is 0 Å². The highest BCUT2D eigenvalue weighted by Gasteiger charge is 2.24. The largest absolute Gasteiger partial charge is 0.352 e. The van der Waals surface area contributed by atoms with Gasteiger partial charge in [0.1, 0.15) is 0 Å². The van der Waals surface area contributed by atoms with Crippen LogP contribution in [0.15, 0.2) is 31.3 Å². The lowest BCUT2D eigenvalue weighted by molar-refractivity contribution is 0.559. The molecule has 0 unspecified atom stereocenters. The van der Waals surface area contributed by atoms with E-state index in [2.05, 4.69) is 23.8 Å². The summed E-state index contributed by atoms with van der Waals surface area (Å²) in [6.45, 7) is 5.45. The molecular formula is C32H42N8O4. The van der Waals surface area contributed by atoms with E-state index < -0.39 is 22.5 Å². The molecule has 12 nitrogen and oxygen atoms in total. The molecule has 12 heteroatoms. The van der Waals surface area contributed by atoms with Crippen LogP contribution in [0.1, 0.15) is 90.9 Å². The Hall–Kier alpha value is -4.22. The third-order valence-corrected chi connectivity index (χ3v) is 8.51. The molecule has 0 aromatic heterocycles. The first-order valence-corrected chi connectivity index (χ1v) is 16.0. The van der Waals surface area contributed by atoms with Gasteiger partial charge in [-0.3, -0.25) is 18.7 Å². The average Bonchev–Trinajstić information content (AvgIpc) is 3.01. The number of rotatable bonds is 14. The van der Waals surface area contributed by atoms with Crippen LogP contribution in [0.25, 0.3) is 45.1 Å². The van der Waals surface area contributed by atoms with Crippen LogP contribution in [0.5, 0.6) is 0 Å². The summed E-state index contributed by atoms with van der Waals surface area (Å²) in [6.07, 6.45) is 12.9. The van der Waals surface area contributed by atoms with Crippen LogP contribution in [0.4, 0.5) is 0 Å². The predicted octanol–water partition coefficient (Wildman–Crippen LogP) is 4.22. The van der Waals surface area contributed by atoms with E-state index in [1.54, 1.807) is 0 Å². The van der Waals surface area contributed by atoms with Crippen molar-refractivity contribution >= 4 is 22.1 Å². The summed E-state index contributed by atoms with van der Waals surface area (Å²) in [6, 6.07) is 3.69. The standard InChI is InChI=1S/C32H42N8O4/c1-5-7-9-11-13-15-17-39-23-19-22-24(20-21(23)33-25-27(39)35-31(43)37(3)29(25)41)40(18-16-14-12-10-8-6-2)28-26(34-22)30(42)38(4)32(44)36-28/h19-20H,5-18H2,1-4H3. The van der Waals surface area contributed by atoms with Gasteiger partial charge in [0.2, 0.25) is 0 Å². The first kappa shape index (κ1) is 31.2. The Labute approximate surface area is 255 Å². The van der Waals surface area contributed by atoms with Crippen LogP contribution in [-0.2, 0) is 27.2 Å². The maximum absolute atomic E-state index is 13.2. The lowest BCUT2D eigenvalue weighted by Crippen LogP contribution is -2.37. The Kier molecular flexibility index (Phi) is 9.65. The molecule has 0 saturated carbocycles. The summed E-state index contributed by atoms with van der Waals surface area (Å²) >= 11 is 0. The van der Waals surface area contributed by atoms with E-state index in [0.29, 0.717) is 35.2 Å². The smallest absolute Gasteiger partial charge is 0.322 e. The number of unbranched alkanes of at least 4 members (excludes halogenated alkanes) is 10. The molecule has 5 rings (SSSR count). The summed E-state index contributed by atoms with van der Waals surface area (Å²) in [4.78, 5) is 69.5. The summed E-state index contributed by atoms with van der Waals surface area (Å²) in [5, 5.41) is 0. The molecule has 0 fully saturated rings. The molecule has 0 aliphatic carbocycles. The van der Waals surface area contributed by atoms with Gasteiger partial charge in [-0.1, -0.05) is 78.1 Å². The van der Waals surface area contributed by atoms with Gasteiger partial charge in [0.15, 0.2) is 23.0 Å². The highest BCUT2D eigenvalue weighted by Crippen LogP contribution is 2.29. The van der Waals surface area contributed by atoms with E-state index in [4.69, 9.17) is 9.97 Å². The molecule has 0 radical (unpaired) electrons. The second kappa shape index (κ2) is 13.6. The van der Waals surface area contributed by atoms with Crippen LogP contribution in [0.3, 0.4) is 0 Å². The van der Waals surface area contributed by atoms with Gasteiger partial charge in [-0.15, -0.1) is 0 Å². The summed E-state index contributed by atoms with van der Waals surface area (Å²) in [5.74, 6) is 0.487. The van der Waals surface area contributed by atoms with Crippen LogP contribution in [0.2, 0.25) is 0 Å². The summed E-state index contributed by atoms with van der Waals surface area (Å²) in [7, 11) is 2.80. The van der Waals surface area contributed by atoms with Gasteiger partial charge in [-0.25, -0.2) is 19.6 Å². The lowest BCUT2D eigenvalue weighted by atomic mass is 10.1. The number of aryl methyl sites for hydroxylation is 2. The van der Waals surface area contributed by atoms with E-state index in [1.807, 2.05) is 21.3 Å². The zero-order chi connectivity index (χ0) is 31.4. The number of nitrogens with zero attached hydrogens (tertiary/aromatic N) is 8. The van der Waals surface area contributed by atoms with Gasteiger partial charge < -0.3 is 9.13 Å². The topological polar surface area (TPSA) is 140 Å². The third-order valence-electron chi connectivity index (χ3n) is 8.51. The Morgan fingerprint density at radius 3 is 1.27 bits per heavy atom. The number of aromatic nitrogens is 8. The molecule has 0 bridgehead atoms. The molecule has 4 aliphatic rings. The molecule has 44 heavy (non-hydrogen) atoms. The zero-order valence-electron chi connectivity index (χ0n) is 26.3. The van der Waals surface area contributed by atoms with Crippen molar-refractivity contribution in [3.63, 3.8) is 0 Å². The highest BCUT2D eigenvalue weighted by molar-refractivity contribution is 5.94. The molecular weight excluding hydrogens is 560 g/mol. The second-order valence-corrected chi connectivity index (χ2v) is 11.8. The van der Waals surface area contributed by atoms with E-state index in [1.165, 1.54) is 26.9 Å². The first-order valence-electron chi connectivity index (χ1n) is 16.0. The Morgan fingerprint density at radius 1 is 0.523 bits per heavy atom. The van der Waals surface area contributed by atoms with E-state index in [0.717, 1.165) is 73.3 Å². The Balaban J connectivity index is 1.72. The highest BCUT2D eigenvalue weighted by atomic mass is 16.2. The normalized spacial score (nSPS) is 11.9. The average molecular weight is 603 g/mol. The minimum absolute atomic E-state index is 0.120. The fourth-order valence-electron chi connectivity index (χ4n) is 5.88. The van der Waals surface area contributed by atoms with Crippen molar-refractivity contribution in [3.05, 3.63) is 53.8 Å². The van der Waals surface area contributed by atoms with Crippen molar-refractivity contribution in [1.29, 1.82) is 0 Å². The maximum atomic E-state index is 13.2. The fraction of sp³-hybridized carbons (Fsp3) is 0.562. The van der Waals surface area contributed by atoms with Crippen molar-refractivity contribution in [2.75, 3.05) is 0 Å². The monoisotopic (exact) mass is 602 g/mol. The van der Waals surface area contributed by atoms with Gasteiger partial charge in [0.05, 0.1) is 22.1 Å². The lowest BCUT2D eigenvalue weighted by Gasteiger charge is -2.20. The molecule has 4 heterocycles. The Morgan fingerprint density at radius 2 is 0.886 bits per heavy atom. The van der Waals surface area contributed by atoms with Gasteiger partial charge in [-0.05, 0) is 25.0 Å². The molecule has 1 aromatic rings. The maximum Gasteiger partial charge on any atom is 0.352 e. The van der Waals surface area contributed by atoms with Crippen molar-refractivity contribution in [2.24, 2.45) is 14.1 Å². The number of hydrogen-bond donors (Lipinski definition) is 0. The van der Waals surface area contributed by atoms with Crippen molar-refractivity contribution in [3.8, 4) is 23.0 Å². The van der Waals surface area contributed by atoms with Crippen LogP contribution >= 0.6 is 0 Å². The third kappa shape index (κ3) is 6.07. The van der Waals surface area contributed by atoms with Crippen LogP contribution in [0, 0.1) is 0 Å². The first-order chi connectivity index (χ1) is 21.3. The van der Waals surface area contributed by atoms with E-state index in [9.17, 15) is 19.2 Å². The zero-order valence-corrected chi connectivity index (χ0v) is 26.3. The molecule has 234 valence electrons. The quantitative estimate of drug-likeness (QED) is 0.136. The molecule has 0 spiro atoms. The summed E-state index contributed by atoms with van der Waals surface area (Å²) < 4.78 is 5.72. The second-order valence-electron chi connectivity index (χ2n) is 11.8. The molecule has 4 aliphatic heterocycles. The van der Waals surface area contributed by atoms with Gasteiger partial charge in [0, 0.05) is 27.2 Å². The molecule has 0 atom stereocenters. The Bertz CT molecular complexity index is 1830. The molecule has 0 N–H and O–H groups in total. The minimum atomic E-state index is -0.634.